The Morgan fingerprint density at radius 3 is 2.38 bits per heavy atom. The number of rotatable bonds is 6. The molecule has 2 amide bonds. The minimum atomic E-state index is -0.108. The number of fused-ring (bicyclic) bond motifs is 1. The van der Waals surface area contributed by atoms with Crippen LogP contribution < -0.4 is 14.8 Å². The molecular weight excluding hydrogens is 364 g/mol. The molecule has 1 N–H and O–H groups in total. The van der Waals surface area contributed by atoms with Crippen molar-refractivity contribution in [2.24, 2.45) is 0 Å². The molecule has 0 radical (unpaired) electrons. The molecule has 1 unspecified atom stereocenters. The van der Waals surface area contributed by atoms with E-state index in [0.29, 0.717) is 13.1 Å². The number of carbonyl (C=O) groups is 1. The topological polar surface area (TPSA) is 50.8 Å². The van der Waals surface area contributed by atoms with Crippen LogP contribution in [0.25, 0.3) is 0 Å². The molecule has 29 heavy (non-hydrogen) atoms. The first kappa shape index (κ1) is 18.9. The van der Waals surface area contributed by atoms with Gasteiger partial charge in [-0.1, -0.05) is 66.7 Å². The lowest BCUT2D eigenvalue weighted by molar-refractivity contribution is 0.172. The number of urea groups is 1. The quantitative estimate of drug-likeness (QED) is 0.654. The molecular formula is C24H24N2O3. The van der Waals surface area contributed by atoms with E-state index in [9.17, 15) is 4.79 Å². The van der Waals surface area contributed by atoms with E-state index in [2.05, 4.69) is 5.32 Å². The van der Waals surface area contributed by atoms with Crippen LogP contribution in [0.3, 0.4) is 0 Å². The Labute approximate surface area is 170 Å². The number of amides is 2. The minimum absolute atomic E-state index is 0.0857. The largest absolute Gasteiger partial charge is 0.454 e. The number of hydrogen-bond acceptors (Lipinski definition) is 3. The first-order valence-electron chi connectivity index (χ1n) is 9.72. The zero-order chi connectivity index (χ0) is 20.1. The van der Waals surface area contributed by atoms with Gasteiger partial charge in [-0.3, -0.25) is 0 Å². The van der Waals surface area contributed by atoms with E-state index in [1.54, 1.807) is 0 Å². The number of carbonyl (C=O) groups excluding carboxylic acids is 1. The monoisotopic (exact) mass is 388 g/mol. The normalized spacial score (nSPS) is 13.0. The van der Waals surface area contributed by atoms with Crippen LogP contribution in [-0.4, -0.2) is 17.7 Å². The summed E-state index contributed by atoms with van der Waals surface area (Å²) in [6, 6.07) is 25.6. The van der Waals surface area contributed by atoms with Gasteiger partial charge in [-0.05, 0) is 35.7 Å². The number of nitrogens with one attached hydrogen (secondary N) is 1. The summed E-state index contributed by atoms with van der Waals surface area (Å²) in [5, 5.41) is 3.05. The van der Waals surface area contributed by atoms with E-state index < -0.39 is 0 Å². The number of ether oxygens (including phenoxy) is 2. The molecule has 4 rings (SSSR count). The zero-order valence-corrected chi connectivity index (χ0v) is 16.4. The fraction of sp³-hybridized carbons (Fsp3) is 0.208. The predicted octanol–water partition coefficient (Wildman–Crippen LogP) is 4.89. The zero-order valence-electron chi connectivity index (χ0n) is 16.4. The summed E-state index contributed by atoms with van der Waals surface area (Å²) in [6.45, 7) is 3.23. The van der Waals surface area contributed by atoms with Gasteiger partial charge in [-0.2, -0.15) is 0 Å². The molecule has 1 atom stereocenters. The van der Waals surface area contributed by atoms with Crippen LogP contribution in [0.1, 0.15) is 29.7 Å². The first-order chi connectivity index (χ1) is 14.2. The van der Waals surface area contributed by atoms with E-state index >= 15 is 0 Å². The van der Waals surface area contributed by atoms with Crippen molar-refractivity contribution in [3.8, 4) is 11.5 Å². The first-order valence-corrected chi connectivity index (χ1v) is 9.72. The van der Waals surface area contributed by atoms with Gasteiger partial charge in [0.15, 0.2) is 11.5 Å². The highest BCUT2D eigenvalue weighted by atomic mass is 16.7. The highest BCUT2D eigenvalue weighted by Gasteiger charge is 2.23. The van der Waals surface area contributed by atoms with Gasteiger partial charge in [0.1, 0.15) is 0 Å². The predicted molar refractivity (Wildman–Crippen MR) is 112 cm³/mol. The third kappa shape index (κ3) is 4.51. The summed E-state index contributed by atoms with van der Waals surface area (Å²) in [5.74, 6) is 1.46. The van der Waals surface area contributed by atoms with Gasteiger partial charge in [-0.25, -0.2) is 4.79 Å². The molecule has 5 heteroatoms. The smallest absolute Gasteiger partial charge is 0.318 e. The van der Waals surface area contributed by atoms with E-state index in [4.69, 9.17) is 9.47 Å². The molecule has 0 bridgehead atoms. The molecule has 5 nitrogen and oxygen atoms in total. The van der Waals surface area contributed by atoms with Crippen molar-refractivity contribution in [3.63, 3.8) is 0 Å². The standard InChI is InChI=1S/C24H24N2O3/c1-18(21-10-6-3-7-11-21)26(24(27)25-15-19-8-4-2-5-9-19)16-20-12-13-22-23(14-20)29-17-28-22/h2-14,18H,15-17H2,1H3,(H,25,27). The van der Waals surface area contributed by atoms with Crippen LogP contribution >= 0.6 is 0 Å². The summed E-state index contributed by atoms with van der Waals surface area (Å²) in [6.07, 6.45) is 0. The molecule has 1 aliphatic heterocycles. The van der Waals surface area contributed by atoms with Crippen LogP contribution in [0.15, 0.2) is 78.9 Å². The fourth-order valence-electron chi connectivity index (χ4n) is 3.41. The van der Waals surface area contributed by atoms with Gasteiger partial charge in [-0.15, -0.1) is 0 Å². The molecule has 1 heterocycles. The second-order valence-electron chi connectivity index (χ2n) is 7.05. The van der Waals surface area contributed by atoms with E-state index in [1.807, 2.05) is 90.7 Å². The Morgan fingerprint density at radius 2 is 1.62 bits per heavy atom. The van der Waals surface area contributed by atoms with Gasteiger partial charge < -0.3 is 19.7 Å². The number of hydrogen-bond donors (Lipinski definition) is 1. The lowest BCUT2D eigenvalue weighted by atomic mass is 10.1. The summed E-state index contributed by atoms with van der Waals surface area (Å²) >= 11 is 0. The van der Waals surface area contributed by atoms with E-state index in [0.717, 1.165) is 28.2 Å². The molecule has 0 spiro atoms. The maximum absolute atomic E-state index is 13.1. The third-order valence-electron chi connectivity index (χ3n) is 5.09. The van der Waals surface area contributed by atoms with Gasteiger partial charge >= 0.3 is 6.03 Å². The van der Waals surface area contributed by atoms with Crippen LogP contribution in [0.5, 0.6) is 11.5 Å². The lowest BCUT2D eigenvalue weighted by Crippen LogP contribution is -2.40. The average molecular weight is 388 g/mol. The van der Waals surface area contributed by atoms with Crippen molar-refractivity contribution in [2.45, 2.75) is 26.1 Å². The van der Waals surface area contributed by atoms with Crippen LogP contribution in [0.2, 0.25) is 0 Å². The number of nitrogens with zero attached hydrogens (tertiary/aromatic N) is 1. The van der Waals surface area contributed by atoms with Crippen molar-refractivity contribution >= 4 is 6.03 Å². The van der Waals surface area contributed by atoms with Gasteiger partial charge in [0.25, 0.3) is 0 Å². The molecule has 0 saturated heterocycles. The van der Waals surface area contributed by atoms with Gasteiger partial charge in [0.05, 0.1) is 6.04 Å². The summed E-state index contributed by atoms with van der Waals surface area (Å²) in [5.41, 5.74) is 3.14. The van der Waals surface area contributed by atoms with Crippen LogP contribution in [0.4, 0.5) is 4.79 Å². The Kier molecular flexibility index (Phi) is 5.66. The molecule has 1 aliphatic rings. The highest BCUT2D eigenvalue weighted by Crippen LogP contribution is 2.33. The minimum Gasteiger partial charge on any atom is -0.454 e. The Morgan fingerprint density at radius 1 is 0.931 bits per heavy atom. The van der Waals surface area contributed by atoms with E-state index in [1.165, 1.54) is 0 Å². The van der Waals surface area contributed by atoms with Gasteiger partial charge in [0, 0.05) is 13.1 Å². The lowest BCUT2D eigenvalue weighted by Gasteiger charge is -2.30. The second kappa shape index (κ2) is 8.69. The summed E-state index contributed by atoms with van der Waals surface area (Å²) in [7, 11) is 0. The summed E-state index contributed by atoms with van der Waals surface area (Å²) in [4.78, 5) is 15.0. The SMILES string of the molecule is CC(c1ccccc1)N(Cc1ccc2c(c1)OCO2)C(=O)NCc1ccccc1. The number of benzene rings is 3. The third-order valence-corrected chi connectivity index (χ3v) is 5.09. The molecule has 0 aliphatic carbocycles. The van der Waals surface area contributed by atoms with Crippen LogP contribution in [0, 0.1) is 0 Å². The van der Waals surface area contributed by atoms with Crippen LogP contribution in [-0.2, 0) is 13.1 Å². The molecule has 0 fully saturated rings. The van der Waals surface area contributed by atoms with Crippen molar-refractivity contribution in [2.75, 3.05) is 6.79 Å². The average Bonchev–Trinajstić information content (AvgIpc) is 3.24. The van der Waals surface area contributed by atoms with Gasteiger partial charge in [0.2, 0.25) is 6.79 Å². The van der Waals surface area contributed by atoms with Crippen molar-refractivity contribution in [1.82, 2.24) is 10.2 Å². The molecule has 148 valence electrons. The molecule has 0 saturated carbocycles. The van der Waals surface area contributed by atoms with Crippen molar-refractivity contribution in [3.05, 3.63) is 95.6 Å². The maximum Gasteiger partial charge on any atom is 0.318 e. The second-order valence-corrected chi connectivity index (χ2v) is 7.05. The summed E-state index contributed by atoms with van der Waals surface area (Å²) < 4.78 is 10.9. The Hall–Kier alpha value is -3.47. The Bertz CT molecular complexity index is 960. The van der Waals surface area contributed by atoms with Crippen molar-refractivity contribution < 1.29 is 14.3 Å². The molecule has 3 aromatic rings. The Balaban J connectivity index is 1.54. The maximum atomic E-state index is 13.1. The fourth-order valence-corrected chi connectivity index (χ4v) is 3.41. The van der Waals surface area contributed by atoms with E-state index in [-0.39, 0.29) is 18.9 Å². The van der Waals surface area contributed by atoms with Crippen molar-refractivity contribution in [1.29, 1.82) is 0 Å². The highest BCUT2D eigenvalue weighted by molar-refractivity contribution is 5.74. The molecule has 3 aromatic carbocycles. The molecule has 0 aromatic heterocycles.